The van der Waals surface area contributed by atoms with Gasteiger partial charge in [-0.25, -0.2) is 0 Å². The van der Waals surface area contributed by atoms with Gasteiger partial charge in [-0.1, -0.05) is 27.5 Å². The van der Waals surface area contributed by atoms with E-state index in [-0.39, 0.29) is 6.04 Å². The van der Waals surface area contributed by atoms with Crippen LogP contribution in [-0.2, 0) is 0 Å². The fraction of sp³-hybridized carbons (Fsp3) is 0.400. The van der Waals surface area contributed by atoms with Gasteiger partial charge in [0.1, 0.15) is 0 Å². The normalized spacial score (nSPS) is 18.7. The van der Waals surface area contributed by atoms with E-state index >= 15 is 0 Å². The molecule has 1 fully saturated rings. The Morgan fingerprint density at radius 2 is 2.15 bits per heavy atom. The lowest BCUT2D eigenvalue weighted by Gasteiger charge is -2.12. The Labute approximate surface area is 91.4 Å². The molecule has 1 aromatic carbocycles. The average molecular weight is 261 g/mol. The largest absolute Gasteiger partial charge is 0.324 e. The summed E-state index contributed by atoms with van der Waals surface area (Å²) in [5, 5.41) is 0.780. The standard InChI is InChI=1S/C10H11BrClN/c11-7-3-4-9(12)8(5-7)10(13)6-1-2-6/h3-6,10H,1-2,13H2. The molecule has 1 atom stereocenters. The Morgan fingerprint density at radius 3 is 2.77 bits per heavy atom. The van der Waals surface area contributed by atoms with Crippen molar-refractivity contribution in [2.45, 2.75) is 18.9 Å². The third kappa shape index (κ3) is 2.06. The lowest BCUT2D eigenvalue weighted by atomic mass is 10.0. The maximum absolute atomic E-state index is 6.06. The van der Waals surface area contributed by atoms with Crippen LogP contribution in [0.15, 0.2) is 22.7 Å². The van der Waals surface area contributed by atoms with Crippen LogP contribution in [0.5, 0.6) is 0 Å². The van der Waals surface area contributed by atoms with E-state index in [1.54, 1.807) is 0 Å². The minimum absolute atomic E-state index is 0.116. The van der Waals surface area contributed by atoms with Gasteiger partial charge in [-0.05, 0) is 42.5 Å². The molecule has 2 rings (SSSR count). The SMILES string of the molecule is NC(c1cc(Br)ccc1Cl)C1CC1. The van der Waals surface area contributed by atoms with Gasteiger partial charge < -0.3 is 5.73 Å². The minimum atomic E-state index is 0.116. The van der Waals surface area contributed by atoms with Crippen LogP contribution in [0.4, 0.5) is 0 Å². The molecular formula is C10H11BrClN. The number of halogens is 2. The van der Waals surface area contributed by atoms with Gasteiger partial charge in [0.15, 0.2) is 0 Å². The molecule has 1 aromatic rings. The van der Waals surface area contributed by atoms with Crippen LogP contribution in [0.25, 0.3) is 0 Å². The van der Waals surface area contributed by atoms with Crippen LogP contribution in [0.3, 0.4) is 0 Å². The van der Waals surface area contributed by atoms with E-state index in [4.69, 9.17) is 17.3 Å². The quantitative estimate of drug-likeness (QED) is 0.865. The van der Waals surface area contributed by atoms with Gasteiger partial charge in [0, 0.05) is 15.5 Å². The number of hydrogen-bond donors (Lipinski definition) is 1. The first kappa shape index (κ1) is 9.50. The molecule has 0 aliphatic heterocycles. The molecule has 1 saturated carbocycles. The minimum Gasteiger partial charge on any atom is -0.324 e. The fourth-order valence-corrected chi connectivity index (χ4v) is 2.10. The van der Waals surface area contributed by atoms with Gasteiger partial charge in [0.2, 0.25) is 0 Å². The van der Waals surface area contributed by atoms with Gasteiger partial charge >= 0.3 is 0 Å². The Hall–Kier alpha value is -0.0500. The second-order valence-corrected chi connectivity index (χ2v) is 4.85. The number of nitrogens with two attached hydrogens (primary N) is 1. The maximum Gasteiger partial charge on any atom is 0.0454 e. The number of benzene rings is 1. The van der Waals surface area contributed by atoms with Crippen molar-refractivity contribution in [2.24, 2.45) is 11.7 Å². The Bertz CT molecular complexity index is 323. The van der Waals surface area contributed by atoms with Gasteiger partial charge in [0.25, 0.3) is 0 Å². The Morgan fingerprint density at radius 1 is 1.46 bits per heavy atom. The van der Waals surface area contributed by atoms with E-state index in [1.165, 1.54) is 12.8 Å². The molecule has 13 heavy (non-hydrogen) atoms. The van der Waals surface area contributed by atoms with Crippen LogP contribution in [-0.4, -0.2) is 0 Å². The molecule has 2 N–H and O–H groups in total. The van der Waals surface area contributed by atoms with Gasteiger partial charge in [-0.15, -0.1) is 0 Å². The first-order valence-corrected chi connectivity index (χ1v) is 5.56. The van der Waals surface area contributed by atoms with Crippen molar-refractivity contribution >= 4 is 27.5 Å². The van der Waals surface area contributed by atoms with E-state index < -0.39 is 0 Å². The molecule has 1 aliphatic carbocycles. The van der Waals surface area contributed by atoms with Gasteiger partial charge in [-0.3, -0.25) is 0 Å². The van der Waals surface area contributed by atoms with Crippen molar-refractivity contribution in [3.8, 4) is 0 Å². The highest BCUT2D eigenvalue weighted by Gasteiger charge is 2.30. The van der Waals surface area contributed by atoms with Crippen LogP contribution < -0.4 is 5.73 Å². The first-order valence-electron chi connectivity index (χ1n) is 4.39. The maximum atomic E-state index is 6.06. The van der Waals surface area contributed by atoms with Gasteiger partial charge in [0.05, 0.1) is 0 Å². The molecule has 0 radical (unpaired) electrons. The summed E-state index contributed by atoms with van der Waals surface area (Å²) in [6.45, 7) is 0. The molecule has 70 valence electrons. The fourth-order valence-electron chi connectivity index (χ4n) is 1.48. The predicted octanol–water partition coefficient (Wildman–Crippen LogP) is 3.51. The van der Waals surface area contributed by atoms with Crippen molar-refractivity contribution < 1.29 is 0 Å². The summed E-state index contributed by atoms with van der Waals surface area (Å²) in [5.41, 5.74) is 7.13. The van der Waals surface area contributed by atoms with Crippen molar-refractivity contribution in [3.05, 3.63) is 33.3 Å². The summed E-state index contributed by atoms with van der Waals surface area (Å²) in [6, 6.07) is 5.96. The third-order valence-corrected chi connectivity index (χ3v) is 3.28. The van der Waals surface area contributed by atoms with E-state index in [0.717, 1.165) is 15.1 Å². The lowest BCUT2D eigenvalue weighted by molar-refractivity contribution is 0.633. The van der Waals surface area contributed by atoms with Crippen molar-refractivity contribution in [1.29, 1.82) is 0 Å². The summed E-state index contributed by atoms with van der Waals surface area (Å²) in [7, 11) is 0. The van der Waals surface area contributed by atoms with E-state index in [0.29, 0.717) is 5.92 Å². The highest BCUT2D eigenvalue weighted by Crippen LogP contribution is 2.41. The zero-order valence-electron chi connectivity index (χ0n) is 7.13. The van der Waals surface area contributed by atoms with Crippen LogP contribution in [0.2, 0.25) is 5.02 Å². The molecule has 0 bridgehead atoms. The van der Waals surface area contributed by atoms with Gasteiger partial charge in [-0.2, -0.15) is 0 Å². The lowest BCUT2D eigenvalue weighted by Crippen LogP contribution is -2.12. The molecule has 0 aromatic heterocycles. The highest BCUT2D eigenvalue weighted by molar-refractivity contribution is 9.10. The Kier molecular flexibility index (Phi) is 2.63. The zero-order valence-corrected chi connectivity index (χ0v) is 9.48. The highest BCUT2D eigenvalue weighted by atomic mass is 79.9. The van der Waals surface area contributed by atoms with E-state index in [9.17, 15) is 0 Å². The number of hydrogen-bond acceptors (Lipinski definition) is 1. The first-order chi connectivity index (χ1) is 6.18. The summed E-state index contributed by atoms with van der Waals surface area (Å²) >= 11 is 9.48. The molecule has 0 saturated heterocycles. The summed E-state index contributed by atoms with van der Waals surface area (Å²) in [5.74, 6) is 0.645. The third-order valence-electron chi connectivity index (χ3n) is 2.45. The molecule has 0 heterocycles. The predicted molar refractivity (Wildman–Crippen MR) is 58.8 cm³/mol. The smallest absolute Gasteiger partial charge is 0.0454 e. The second-order valence-electron chi connectivity index (χ2n) is 3.53. The molecule has 3 heteroatoms. The molecule has 1 unspecified atom stereocenters. The summed E-state index contributed by atoms with van der Waals surface area (Å²) < 4.78 is 1.04. The van der Waals surface area contributed by atoms with E-state index in [1.807, 2.05) is 18.2 Å². The average Bonchev–Trinajstić information content (AvgIpc) is 2.91. The summed E-state index contributed by atoms with van der Waals surface area (Å²) in [4.78, 5) is 0. The molecule has 0 spiro atoms. The van der Waals surface area contributed by atoms with Crippen LogP contribution in [0.1, 0.15) is 24.4 Å². The Balaban J connectivity index is 2.31. The number of rotatable bonds is 2. The topological polar surface area (TPSA) is 26.0 Å². The zero-order chi connectivity index (χ0) is 9.42. The molecule has 1 nitrogen and oxygen atoms in total. The van der Waals surface area contributed by atoms with Crippen molar-refractivity contribution in [2.75, 3.05) is 0 Å². The molecule has 0 amide bonds. The monoisotopic (exact) mass is 259 g/mol. The molecular weight excluding hydrogens is 249 g/mol. The van der Waals surface area contributed by atoms with Crippen molar-refractivity contribution in [3.63, 3.8) is 0 Å². The van der Waals surface area contributed by atoms with Crippen LogP contribution >= 0.6 is 27.5 Å². The van der Waals surface area contributed by atoms with E-state index in [2.05, 4.69) is 15.9 Å². The van der Waals surface area contributed by atoms with Crippen molar-refractivity contribution in [1.82, 2.24) is 0 Å². The second kappa shape index (κ2) is 3.60. The molecule has 1 aliphatic rings. The summed E-state index contributed by atoms with van der Waals surface area (Å²) in [6.07, 6.45) is 2.48. The van der Waals surface area contributed by atoms with Crippen LogP contribution in [0, 0.1) is 5.92 Å².